The van der Waals surface area contributed by atoms with Crippen molar-refractivity contribution in [3.8, 4) is 11.3 Å². The highest BCUT2D eigenvalue weighted by Crippen LogP contribution is 2.27. The van der Waals surface area contributed by atoms with Crippen LogP contribution in [0.25, 0.3) is 22.2 Å². The number of nitrogens with one attached hydrogen (secondary N) is 1. The minimum Gasteiger partial charge on any atom is -0.361 e. The van der Waals surface area contributed by atoms with Crippen molar-refractivity contribution in [2.24, 2.45) is 10.2 Å². The van der Waals surface area contributed by atoms with Gasteiger partial charge in [0.25, 0.3) is 0 Å². The molecule has 1 N–H and O–H groups in total. The normalized spacial score (nSPS) is 11.5. The molecule has 0 unspecified atom stereocenters. The molecule has 0 spiro atoms. The molecule has 2 aromatic heterocycles. The summed E-state index contributed by atoms with van der Waals surface area (Å²) >= 11 is 1.42. The van der Waals surface area contributed by atoms with Crippen LogP contribution < -0.4 is 0 Å². The minimum absolute atomic E-state index is 0.257. The maximum Gasteiger partial charge on any atom is 0.230 e. The molecular weight excluding hydrogens is 323 g/mol. The number of fused-ring (bicyclic) bond motifs is 1. The van der Waals surface area contributed by atoms with Gasteiger partial charge in [-0.05, 0) is 30.3 Å². The van der Waals surface area contributed by atoms with Crippen LogP contribution in [0.2, 0.25) is 0 Å². The second-order valence-electron chi connectivity index (χ2n) is 5.28. The number of rotatable bonds is 4. The third-order valence-electron chi connectivity index (χ3n) is 3.70. The van der Waals surface area contributed by atoms with Crippen LogP contribution in [0, 0.1) is 5.82 Å². The average Bonchev–Trinajstić information content (AvgIpc) is 3.23. The summed E-state index contributed by atoms with van der Waals surface area (Å²) in [6.45, 7) is 0.496. The zero-order valence-corrected chi connectivity index (χ0v) is 13.4. The van der Waals surface area contributed by atoms with E-state index < -0.39 is 0 Å². The molecule has 0 atom stereocenters. The van der Waals surface area contributed by atoms with E-state index in [-0.39, 0.29) is 5.82 Å². The number of H-pyrrole nitrogens is 1. The molecule has 0 saturated heterocycles. The van der Waals surface area contributed by atoms with E-state index in [1.807, 2.05) is 29.8 Å². The molecule has 0 aliphatic carbocycles. The van der Waals surface area contributed by atoms with Crippen LogP contribution in [0.1, 0.15) is 5.56 Å². The first kappa shape index (κ1) is 14.7. The summed E-state index contributed by atoms with van der Waals surface area (Å²) in [4.78, 5) is 7.64. The van der Waals surface area contributed by atoms with Crippen LogP contribution in [0.3, 0.4) is 0 Å². The van der Waals surface area contributed by atoms with Gasteiger partial charge in [-0.15, -0.1) is 16.5 Å². The van der Waals surface area contributed by atoms with Gasteiger partial charge in [0.15, 0.2) is 0 Å². The molecule has 2 heterocycles. The van der Waals surface area contributed by atoms with E-state index in [1.54, 1.807) is 12.1 Å². The molecule has 0 fully saturated rings. The molecule has 0 bridgehead atoms. The number of thiazole rings is 1. The van der Waals surface area contributed by atoms with Crippen LogP contribution in [-0.2, 0) is 6.54 Å². The summed E-state index contributed by atoms with van der Waals surface area (Å²) in [5, 5.41) is 12.1. The first-order valence-corrected chi connectivity index (χ1v) is 8.31. The van der Waals surface area contributed by atoms with Crippen LogP contribution >= 0.6 is 11.3 Å². The van der Waals surface area contributed by atoms with Crippen molar-refractivity contribution in [1.29, 1.82) is 0 Å². The molecule has 0 saturated carbocycles. The lowest BCUT2D eigenvalue weighted by molar-refractivity contribution is 0.628. The molecule has 4 aromatic rings. The molecule has 6 heteroatoms. The van der Waals surface area contributed by atoms with Gasteiger partial charge in [-0.2, -0.15) is 5.11 Å². The van der Waals surface area contributed by atoms with E-state index in [2.05, 4.69) is 26.3 Å². The van der Waals surface area contributed by atoms with E-state index >= 15 is 0 Å². The summed E-state index contributed by atoms with van der Waals surface area (Å²) in [6.07, 6.45) is 1.95. The number of nitrogens with zero attached hydrogens (tertiary/aromatic N) is 3. The second kappa shape index (κ2) is 6.33. The molecule has 0 aliphatic heterocycles. The van der Waals surface area contributed by atoms with Crippen molar-refractivity contribution < 1.29 is 4.39 Å². The van der Waals surface area contributed by atoms with Crippen molar-refractivity contribution in [2.45, 2.75) is 6.54 Å². The van der Waals surface area contributed by atoms with Gasteiger partial charge < -0.3 is 4.98 Å². The molecule has 24 heavy (non-hydrogen) atoms. The summed E-state index contributed by atoms with van der Waals surface area (Å²) in [5.74, 6) is -0.257. The maximum absolute atomic E-state index is 13.0. The second-order valence-corrected chi connectivity index (χ2v) is 6.12. The van der Waals surface area contributed by atoms with Crippen LogP contribution in [0.4, 0.5) is 9.52 Å². The SMILES string of the molecule is Fc1ccc(-c2csc(N=NCc3c[nH]c4ccccc34)n2)cc1. The van der Waals surface area contributed by atoms with E-state index in [0.29, 0.717) is 11.7 Å². The highest BCUT2D eigenvalue weighted by molar-refractivity contribution is 7.13. The zero-order chi connectivity index (χ0) is 16.4. The largest absolute Gasteiger partial charge is 0.361 e. The number of hydrogen-bond acceptors (Lipinski definition) is 4. The Bertz CT molecular complexity index is 1000. The van der Waals surface area contributed by atoms with E-state index in [9.17, 15) is 4.39 Å². The van der Waals surface area contributed by atoms with Gasteiger partial charge in [0, 0.05) is 33.6 Å². The van der Waals surface area contributed by atoms with Crippen molar-refractivity contribution in [3.63, 3.8) is 0 Å². The van der Waals surface area contributed by atoms with Crippen molar-refractivity contribution in [3.05, 3.63) is 71.5 Å². The van der Waals surface area contributed by atoms with E-state index in [4.69, 9.17) is 0 Å². The number of hydrogen-bond donors (Lipinski definition) is 1. The lowest BCUT2D eigenvalue weighted by Gasteiger charge is -1.94. The molecule has 0 amide bonds. The minimum atomic E-state index is -0.257. The Hall–Kier alpha value is -2.86. The summed E-state index contributed by atoms with van der Waals surface area (Å²) < 4.78 is 13.0. The monoisotopic (exact) mass is 336 g/mol. The Morgan fingerprint density at radius 3 is 2.79 bits per heavy atom. The number of para-hydroxylation sites is 1. The fourth-order valence-electron chi connectivity index (χ4n) is 2.50. The van der Waals surface area contributed by atoms with Gasteiger partial charge in [-0.25, -0.2) is 9.37 Å². The highest BCUT2D eigenvalue weighted by atomic mass is 32.1. The van der Waals surface area contributed by atoms with Gasteiger partial charge in [0.1, 0.15) is 5.82 Å². The third-order valence-corrected chi connectivity index (χ3v) is 4.43. The quantitative estimate of drug-likeness (QED) is 0.476. The Balaban J connectivity index is 1.49. The number of benzene rings is 2. The fraction of sp³-hybridized carbons (Fsp3) is 0.0556. The lowest BCUT2D eigenvalue weighted by Crippen LogP contribution is -1.78. The number of halogens is 1. The Labute approximate surface area is 141 Å². The predicted molar refractivity (Wildman–Crippen MR) is 94.0 cm³/mol. The molecule has 0 radical (unpaired) electrons. The maximum atomic E-state index is 13.0. The third kappa shape index (κ3) is 2.96. The number of aromatic amines is 1. The lowest BCUT2D eigenvalue weighted by atomic mass is 10.2. The van der Waals surface area contributed by atoms with Crippen molar-refractivity contribution in [2.75, 3.05) is 0 Å². The number of aromatic nitrogens is 2. The molecule has 4 rings (SSSR count). The fourth-order valence-corrected chi connectivity index (χ4v) is 3.16. The Morgan fingerprint density at radius 1 is 1.08 bits per heavy atom. The van der Waals surface area contributed by atoms with Gasteiger partial charge in [0.2, 0.25) is 5.13 Å². The van der Waals surface area contributed by atoms with Crippen molar-refractivity contribution >= 4 is 27.4 Å². The van der Waals surface area contributed by atoms with Gasteiger partial charge >= 0.3 is 0 Å². The predicted octanol–water partition coefficient (Wildman–Crippen LogP) is 5.71. The summed E-state index contributed by atoms with van der Waals surface area (Å²) in [6, 6.07) is 14.4. The first-order chi connectivity index (χ1) is 11.8. The van der Waals surface area contributed by atoms with Crippen LogP contribution in [0.5, 0.6) is 0 Å². The highest BCUT2D eigenvalue weighted by Gasteiger charge is 2.05. The zero-order valence-electron chi connectivity index (χ0n) is 12.6. The number of azo groups is 1. The first-order valence-electron chi connectivity index (χ1n) is 7.43. The Morgan fingerprint density at radius 2 is 1.92 bits per heavy atom. The van der Waals surface area contributed by atoms with Crippen LogP contribution in [-0.4, -0.2) is 9.97 Å². The van der Waals surface area contributed by atoms with Crippen molar-refractivity contribution in [1.82, 2.24) is 9.97 Å². The summed E-state index contributed by atoms with van der Waals surface area (Å²) in [5.41, 5.74) is 3.84. The average molecular weight is 336 g/mol. The Kier molecular flexibility index (Phi) is 3.88. The molecule has 2 aromatic carbocycles. The molecule has 118 valence electrons. The van der Waals surface area contributed by atoms with Gasteiger partial charge in [-0.3, -0.25) is 0 Å². The van der Waals surface area contributed by atoms with Crippen LogP contribution in [0.15, 0.2) is 70.3 Å². The van der Waals surface area contributed by atoms with Gasteiger partial charge in [0.05, 0.1) is 12.2 Å². The molecule has 4 nitrogen and oxygen atoms in total. The summed E-state index contributed by atoms with van der Waals surface area (Å²) in [7, 11) is 0. The van der Waals surface area contributed by atoms with Gasteiger partial charge in [-0.1, -0.05) is 18.2 Å². The molecule has 0 aliphatic rings. The smallest absolute Gasteiger partial charge is 0.230 e. The van der Waals surface area contributed by atoms with E-state index in [1.165, 1.54) is 23.5 Å². The van der Waals surface area contributed by atoms with E-state index in [0.717, 1.165) is 27.7 Å². The topological polar surface area (TPSA) is 53.4 Å². The standard InChI is InChI=1S/C18H13FN4S/c19-14-7-5-12(6-8-14)17-11-24-18(22-17)23-21-10-13-9-20-16-4-2-1-3-15(13)16/h1-9,11,20H,10H2. The molecular formula is C18H13FN4S.